The fraction of sp³-hybridized carbons (Fsp3) is 1.00. The molecule has 0 aromatic rings. The zero-order valence-corrected chi connectivity index (χ0v) is 8.80. The third kappa shape index (κ3) is 6.58. The monoisotopic (exact) mass is 173 g/mol. The van der Waals surface area contributed by atoms with Crippen LogP contribution in [0, 0.1) is 5.92 Å². The quantitative estimate of drug-likeness (QED) is 0.461. The fourth-order valence-electron chi connectivity index (χ4n) is 1.20. The van der Waals surface area contributed by atoms with Gasteiger partial charge in [-0.15, -0.1) is 0 Å². The molecule has 12 heavy (non-hydrogen) atoms. The zero-order chi connectivity index (χ0) is 9.56. The van der Waals surface area contributed by atoms with Crippen molar-refractivity contribution in [2.75, 3.05) is 20.6 Å². The molecule has 0 aromatic carbocycles. The van der Waals surface area contributed by atoms with Crippen LogP contribution in [0.2, 0.25) is 0 Å². The molecule has 0 aliphatic heterocycles. The first kappa shape index (κ1) is 11.9. The van der Waals surface area contributed by atoms with Crippen LogP contribution in [0.3, 0.4) is 0 Å². The van der Waals surface area contributed by atoms with Gasteiger partial charge in [-0.3, -0.25) is 11.3 Å². The third-order valence-corrected chi connectivity index (χ3v) is 1.91. The molecule has 0 aliphatic carbocycles. The average Bonchev–Trinajstić information content (AvgIpc) is 1.97. The predicted molar refractivity (Wildman–Crippen MR) is 53.7 cm³/mol. The van der Waals surface area contributed by atoms with Crippen LogP contribution in [0.5, 0.6) is 0 Å². The highest BCUT2D eigenvalue weighted by molar-refractivity contribution is 4.66. The minimum absolute atomic E-state index is 0.433. The van der Waals surface area contributed by atoms with Gasteiger partial charge in [0, 0.05) is 12.6 Å². The molecule has 0 aliphatic rings. The van der Waals surface area contributed by atoms with E-state index in [0.29, 0.717) is 6.04 Å². The summed E-state index contributed by atoms with van der Waals surface area (Å²) < 4.78 is 0. The van der Waals surface area contributed by atoms with E-state index in [4.69, 9.17) is 5.84 Å². The van der Waals surface area contributed by atoms with Crippen LogP contribution in [0.4, 0.5) is 0 Å². The number of likely N-dealkylation sites (N-methyl/N-ethyl adjacent to an activating group) is 1. The van der Waals surface area contributed by atoms with Crippen molar-refractivity contribution in [3.8, 4) is 0 Å². The van der Waals surface area contributed by atoms with Crippen molar-refractivity contribution < 1.29 is 0 Å². The molecule has 0 fully saturated rings. The summed E-state index contributed by atoms with van der Waals surface area (Å²) in [5, 5.41) is 0. The van der Waals surface area contributed by atoms with E-state index >= 15 is 0 Å². The summed E-state index contributed by atoms with van der Waals surface area (Å²) in [6.45, 7) is 5.50. The van der Waals surface area contributed by atoms with Gasteiger partial charge in [-0.25, -0.2) is 0 Å². The van der Waals surface area contributed by atoms with Gasteiger partial charge in [-0.2, -0.15) is 0 Å². The van der Waals surface area contributed by atoms with Gasteiger partial charge >= 0.3 is 0 Å². The molecule has 3 nitrogen and oxygen atoms in total. The molecule has 0 rings (SSSR count). The lowest BCUT2D eigenvalue weighted by Crippen LogP contribution is -2.42. The molecule has 0 aromatic heterocycles. The van der Waals surface area contributed by atoms with Crippen molar-refractivity contribution in [1.82, 2.24) is 10.3 Å². The fourth-order valence-corrected chi connectivity index (χ4v) is 1.20. The Morgan fingerprint density at radius 2 is 1.83 bits per heavy atom. The second kappa shape index (κ2) is 6.40. The van der Waals surface area contributed by atoms with E-state index in [0.717, 1.165) is 18.9 Å². The van der Waals surface area contributed by atoms with Gasteiger partial charge in [0.2, 0.25) is 0 Å². The van der Waals surface area contributed by atoms with Gasteiger partial charge in [-0.05, 0) is 32.9 Å². The Morgan fingerprint density at radius 1 is 1.25 bits per heavy atom. The molecule has 0 saturated heterocycles. The Bertz CT molecular complexity index is 102. The zero-order valence-electron chi connectivity index (χ0n) is 8.80. The number of nitrogens with one attached hydrogen (secondary N) is 1. The van der Waals surface area contributed by atoms with Crippen molar-refractivity contribution in [2.45, 2.75) is 32.7 Å². The number of hydrogen-bond acceptors (Lipinski definition) is 3. The van der Waals surface area contributed by atoms with Gasteiger partial charge in [0.25, 0.3) is 0 Å². The molecular weight excluding hydrogens is 150 g/mol. The van der Waals surface area contributed by atoms with Gasteiger partial charge < -0.3 is 4.90 Å². The topological polar surface area (TPSA) is 41.3 Å². The summed E-state index contributed by atoms with van der Waals surface area (Å²) in [5.74, 6) is 6.20. The lowest BCUT2D eigenvalue weighted by atomic mass is 10.0. The van der Waals surface area contributed by atoms with E-state index in [1.807, 2.05) is 0 Å². The first-order chi connectivity index (χ1) is 5.56. The summed E-state index contributed by atoms with van der Waals surface area (Å²) in [4.78, 5) is 2.16. The first-order valence-electron chi connectivity index (χ1n) is 4.67. The van der Waals surface area contributed by atoms with E-state index < -0.39 is 0 Å². The van der Waals surface area contributed by atoms with Crippen molar-refractivity contribution >= 4 is 0 Å². The van der Waals surface area contributed by atoms with Crippen molar-refractivity contribution in [1.29, 1.82) is 0 Å². The Labute approximate surface area is 76.3 Å². The molecule has 0 bridgehead atoms. The Morgan fingerprint density at radius 3 is 2.17 bits per heavy atom. The van der Waals surface area contributed by atoms with E-state index in [1.165, 1.54) is 6.42 Å². The lowest BCUT2D eigenvalue weighted by Gasteiger charge is -2.20. The van der Waals surface area contributed by atoms with Crippen LogP contribution in [-0.4, -0.2) is 31.6 Å². The van der Waals surface area contributed by atoms with Crippen LogP contribution < -0.4 is 11.3 Å². The molecule has 74 valence electrons. The summed E-state index contributed by atoms with van der Waals surface area (Å²) in [5.41, 5.74) is 2.85. The number of rotatable bonds is 6. The van der Waals surface area contributed by atoms with E-state index in [2.05, 4.69) is 38.3 Å². The highest BCUT2D eigenvalue weighted by atomic mass is 15.3. The maximum Gasteiger partial charge on any atom is 0.0337 e. The molecule has 0 amide bonds. The third-order valence-electron chi connectivity index (χ3n) is 1.91. The number of nitrogens with two attached hydrogens (primary N) is 1. The highest BCUT2D eigenvalue weighted by Crippen LogP contribution is 2.06. The summed E-state index contributed by atoms with van der Waals surface area (Å²) >= 11 is 0. The second-order valence-corrected chi connectivity index (χ2v) is 4.10. The number of nitrogens with zero attached hydrogens (tertiary/aromatic N) is 1. The molecule has 1 unspecified atom stereocenters. The molecule has 0 heterocycles. The molecule has 1 atom stereocenters. The van der Waals surface area contributed by atoms with Crippen LogP contribution in [0.25, 0.3) is 0 Å². The van der Waals surface area contributed by atoms with Crippen LogP contribution >= 0.6 is 0 Å². The molecule has 3 N–H and O–H groups in total. The minimum Gasteiger partial charge on any atom is -0.308 e. The van der Waals surface area contributed by atoms with Crippen LogP contribution in [0.15, 0.2) is 0 Å². The van der Waals surface area contributed by atoms with Gasteiger partial charge in [0.05, 0.1) is 0 Å². The summed E-state index contributed by atoms with van der Waals surface area (Å²) in [6.07, 6.45) is 2.40. The minimum atomic E-state index is 0.433. The van der Waals surface area contributed by atoms with Gasteiger partial charge in [0.15, 0.2) is 0 Å². The smallest absolute Gasteiger partial charge is 0.0337 e. The molecule has 0 saturated carbocycles. The maximum atomic E-state index is 5.43. The lowest BCUT2D eigenvalue weighted by molar-refractivity contribution is 0.316. The van der Waals surface area contributed by atoms with Crippen molar-refractivity contribution in [3.05, 3.63) is 0 Å². The Balaban J connectivity index is 3.53. The van der Waals surface area contributed by atoms with E-state index in [-0.39, 0.29) is 0 Å². The number of hydrazine groups is 1. The van der Waals surface area contributed by atoms with Crippen molar-refractivity contribution in [3.63, 3.8) is 0 Å². The molecule has 0 radical (unpaired) electrons. The summed E-state index contributed by atoms with van der Waals surface area (Å²) in [7, 11) is 4.14. The van der Waals surface area contributed by atoms with E-state index in [9.17, 15) is 0 Å². The average molecular weight is 173 g/mol. The van der Waals surface area contributed by atoms with Crippen molar-refractivity contribution in [2.24, 2.45) is 11.8 Å². The highest BCUT2D eigenvalue weighted by Gasteiger charge is 2.07. The first-order valence-corrected chi connectivity index (χ1v) is 4.67. The van der Waals surface area contributed by atoms with Gasteiger partial charge in [-0.1, -0.05) is 13.8 Å². The second-order valence-electron chi connectivity index (χ2n) is 4.10. The molecular formula is C9H23N3. The maximum absolute atomic E-state index is 5.43. The largest absolute Gasteiger partial charge is 0.308 e. The Kier molecular flexibility index (Phi) is 6.34. The Hall–Kier alpha value is -0.120. The van der Waals surface area contributed by atoms with Gasteiger partial charge in [0.1, 0.15) is 0 Å². The van der Waals surface area contributed by atoms with E-state index in [1.54, 1.807) is 0 Å². The predicted octanol–water partition coefficient (Wildman–Crippen LogP) is 0.816. The number of hydrogen-bond donors (Lipinski definition) is 2. The SMILES string of the molecule is CC(C)CCC(CN(C)C)NN. The molecule has 3 heteroatoms. The molecule has 0 spiro atoms. The summed E-state index contributed by atoms with van der Waals surface area (Å²) in [6, 6.07) is 0.433. The van der Waals surface area contributed by atoms with Crippen LogP contribution in [-0.2, 0) is 0 Å². The standard InChI is InChI=1S/C9H23N3/c1-8(2)5-6-9(11-10)7-12(3)4/h8-9,11H,5-7,10H2,1-4H3. The van der Waals surface area contributed by atoms with Crippen LogP contribution in [0.1, 0.15) is 26.7 Å². The normalized spacial score (nSPS) is 14.2.